The fraction of sp³-hybridized carbons (Fsp3) is 0.450. The number of anilines is 4. The summed E-state index contributed by atoms with van der Waals surface area (Å²) in [6.45, 7) is 1.71. The van der Waals surface area contributed by atoms with Gasteiger partial charge in [-0.05, 0) is 37.1 Å². The molecule has 2 saturated heterocycles. The molecule has 0 aromatic carbocycles. The zero-order valence-corrected chi connectivity index (χ0v) is 16.1. The van der Waals surface area contributed by atoms with Crippen molar-refractivity contribution in [2.24, 2.45) is 5.92 Å². The van der Waals surface area contributed by atoms with Crippen LogP contribution in [0.3, 0.4) is 0 Å². The quantitative estimate of drug-likeness (QED) is 0.809. The Hall–Kier alpha value is -3.04. The highest BCUT2D eigenvalue weighted by Crippen LogP contribution is 2.41. The van der Waals surface area contributed by atoms with E-state index in [0.29, 0.717) is 30.5 Å². The number of carbonyl (C=O) groups is 1. The average Bonchev–Trinajstić information content (AvgIpc) is 3.37. The minimum absolute atomic E-state index is 0.0366. The standard InChI is InChI=1S/C20H21F3N6O/c21-20(22,23)13-6-9-28(11-13)17-5-4-15-18(26-17)29(14-7-10-27(15)12-14)19(30)25-16-3-1-2-8-24-16/h1-5,8,13-14H,6-7,9-12H2,(H,24,25,30)/t13-,14-/m0/s1. The van der Waals surface area contributed by atoms with Crippen molar-refractivity contribution in [3.05, 3.63) is 36.5 Å². The van der Waals surface area contributed by atoms with Gasteiger partial charge < -0.3 is 9.80 Å². The molecule has 158 valence electrons. The monoisotopic (exact) mass is 418 g/mol. The molecule has 2 amide bonds. The van der Waals surface area contributed by atoms with Gasteiger partial charge in [-0.15, -0.1) is 0 Å². The zero-order chi connectivity index (χ0) is 20.9. The first kappa shape index (κ1) is 19.0. The SMILES string of the molecule is O=C(Nc1ccccn1)N1c2nc(N3CC[C@H](C(F)(F)F)C3)ccc2N2CC[C@H]1C2. The summed E-state index contributed by atoms with van der Waals surface area (Å²) in [5, 5.41) is 2.81. The number of alkyl halides is 3. The van der Waals surface area contributed by atoms with Crippen molar-refractivity contribution in [2.45, 2.75) is 25.1 Å². The third-order valence-corrected chi connectivity index (χ3v) is 6.03. The predicted octanol–water partition coefficient (Wildman–Crippen LogP) is 3.50. The molecule has 7 nitrogen and oxygen atoms in total. The van der Waals surface area contributed by atoms with Gasteiger partial charge in [0.2, 0.25) is 0 Å². The van der Waals surface area contributed by atoms with Gasteiger partial charge in [0, 0.05) is 32.4 Å². The fourth-order valence-electron chi connectivity index (χ4n) is 4.48. The van der Waals surface area contributed by atoms with Gasteiger partial charge in [-0.2, -0.15) is 13.2 Å². The lowest BCUT2D eigenvalue weighted by Gasteiger charge is -2.36. The third kappa shape index (κ3) is 3.29. The number of amides is 2. The molecule has 30 heavy (non-hydrogen) atoms. The van der Waals surface area contributed by atoms with Crippen molar-refractivity contribution >= 4 is 29.2 Å². The molecule has 2 atom stereocenters. The van der Waals surface area contributed by atoms with Crippen LogP contribution in [0.4, 0.5) is 41.1 Å². The van der Waals surface area contributed by atoms with Gasteiger partial charge in [0.25, 0.3) is 0 Å². The Morgan fingerprint density at radius 1 is 1.07 bits per heavy atom. The summed E-state index contributed by atoms with van der Waals surface area (Å²) in [7, 11) is 0. The molecular formula is C20H21F3N6O. The van der Waals surface area contributed by atoms with Gasteiger partial charge in [0.1, 0.15) is 11.6 Å². The average molecular weight is 418 g/mol. The van der Waals surface area contributed by atoms with Crippen LogP contribution in [0.25, 0.3) is 0 Å². The Morgan fingerprint density at radius 3 is 2.63 bits per heavy atom. The van der Waals surface area contributed by atoms with Crippen molar-refractivity contribution in [2.75, 3.05) is 46.2 Å². The Balaban J connectivity index is 1.44. The second kappa shape index (κ2) is 7.03. The molecule has 2 fully saturated rings. The van der Waals surface area contributed by atoms with Gasteiger partial charge in [0.05, 0.1) is 17.6 Å². The summed E-state index contributed by atoms with van der Waals surface area (Å²) in [6.07, 6.45) is -1.75. The largest absolute Gasteiger partial charge is 0.393 e. The summed E-state index contributed by atoms with van der Waals surface area (Å²) in [4.78, 5) is 27.3. The molecule has 1 N–H and O–H groups in total. The van der Waals surface area contributed by atoms with Crippen molar-refractivity contribution in [1.29, 1.82) is 0 Å². The van der Waals surface area contributed by atoms with Crippen LogP contribution in [0, 0.1) is 5.92 Å². The van der Waals surface area contributed by atoms with Crippen LogP contribution in [0.15, 0.2) is 36.5 Å². The summed E-state index contributed by atoms with van der Waals surface area (Å²) < 4.78 is 39.3. The number of rotatable bonds is 2. The number of fused-ring (bicyclic) bond motifs is 4. The minimum Gasteiger partial charge on any atom is -0.366 e. The Kier molecular flexibility index (Phi) is 4.44. The molecule has 2 bridgehead atoms. The smallest absolute Gasteiger partial charge is 0.366 e. The second-order valence-electron chi connectivity index (χ2n) is 7.89. The maximum atomic E-state index is 13.1. The predicted molar refractivity (Wildman–Crippen MR) is 107 cm³/mol. The van der Waals surface area contributed by atoms with Crippen molar-refractivity contribution < 1.29 is 18.0 Å². The summed E-state index contributed by atoms with van der Waals surface area (Å²) in [5.41, 5.74) is 0.829. The van der Waals surface area contributed by atoms with E-state index in [0.717, 1.165) is 18.7 Å². The number of hydrogen-bond acceptors (Lipinski definition) is 5. The Morgan fingerprint density at radius 2 is 1.90 bits per heavy atom. The number of nitrogens with one attached hydrogen (secondary N) is 1. The first-order valence-electron chi connectivity index (χ1n) is 9.99. The lowest BCUT2D eigenvalue weighted by atomic mass is 10.1. The lowest BCUT2D eigenvalue weighted by Crippen LogP contribution is -2.48. The molecule has 10 heteroatoms. The van der Waals surface area contributed by atoms with Crippen LogP contribution in [-0.4, -0.2) is 54.4 Å². The number of carbonyl (C=O) groups excluding carboxylic acids is 1. The molecule has 0 spiro atoms. The molecular weight excluding hydrogens is 397 g/mol. The highest BCUT2D eigenvalue weighted by atomic mass is 19.4. The number of halogens is 3. The van der Waals surface area contributed by atoms with E-state index in [-0.39, 0.29) is 25.0 Å². The van der Waals surface area contributed by atoms with Gasteiger partial charge in [0.15, 0.2) is 5.82 Å². The highest BCUT2D eigenvalue weighted by Gasteiger charge is 2.45. The number of hydrogen-bond donors (Lipinski definition) is 1. The first-order valence-corrected chi connectivity index (χ1v) is 9.99. The normalized spacial score (nSPS) is 23.0. The van der Waals surface area contributed by atoms with Gasteiger partial charge in [-0.3, -0.25) is 10.2 Å². The zero-order valence-electron chi connectivity index (χ0n) is 16.1. The fourth-order valence-corrected chi connectivity index (χ4v) is 4.48. The molecule has 2 aromatic heterocycles. The molecule has 0 saturated carbocycles. The van der Waals surface area contributed by atoms with Crippen LogP contribution in [0.1, 0.15) is 12.8 Å². The van der Waals surface area contributed by atoms with Crippen LogP contribution >= 0.6 is 0 Å². The van der Waals surface area contributed by atoms with E-state index in [1.54, 1.807) is 40.3 Å². The van der Waals surface area contributed by atoms with E-state index in [4.69, 9.17) is 0 Å². The minimum atomic E-state index is -4.21. The molecule has 0 aliphatic carbocycles. The van der Waals surface area contributed by atoms with Crippen LogP contribution in [-0.2, 0) is 0 Å². The number of aromatic nitrogens is 2. The van der Waals surface area contributed by atoms with Crippen LogP contribution in [0.2, 0.25) is 0 Å². The maximum absolute atomic E-state index is 13.1. The van der Waals surface area contributed by atoms with Crippen molar-refractivity contribution in [1.82, 2.24) is 9.97 Å². The Labute approximate surface area is 171 Å². The number of pyridine rings is 2. The van der Waals surface area contributed by atoms with Crippen molar-refractivity contribution in [3.8, 4) is 0 Å². The van der Waals surface area contributed by atoms with E-state index in [1.165, 1.54) is 0 Å². The second-order valence-corrected chi connectivity index (χ2v) is 7.89. The van der Waals surface area contributed by atoms with Crippen molar-refractivity contribution in [3.63, 3.8) is 0 Å². The molecule has 5 rings (SSSR count). The van der Waals surface area contributed by atoms with E-state index >= 15 is 0 Å². The highest BCUT2D eigenvalue weighted by molar-refractivity contribution is 6.04. The van der Waals surface area contributed by atoms with Crippen LogP contribution in [0.5, 0.6) is 0 Å². The van der Waals surface area contributed by atoms with Gasteiger partial charge in [-0.25, -0.2) is 14.8 Å². The van der Waals surface area contributed by atoms with Crippen LogP contribution < -0.4 is 20.0 Å². The van der Waals surface area contributed by atoms with Gasteiger partial charge >= 0.3 is 12.2 Å². The Bertz CT molecular complexity index is 953. The van der Waals surface area contributed by atoms with E-state index < -0.39 is 12.1 Å². The molecule has 0 unspecified atom stereocenters. The first-order chi connectivity index (χ1) is 14.4. The molecule has 0 radical (unpaired) electrons. The molecule has 3 aliphatic heterocycles. The van der Waals surface area contributed by atoms with E-state index in [9.17, 15) is 18.0 Å². The molecule has 5 heterocycles. The van der Waals surface area contributed by atoms with E-state index in [2.05, 4.69) is 20.2 Å². The number of urea groups is 1. The summed E-state index contributed by atoms with van der Waals surface area (Å²) >= 11 is 0. The topological polar surface area (TPSA) is 64.6 Å². The third-order valence-electron chi connectivity index (χ3n) is 6.03. The van der Waals surface area contributed by atoms with E-state index in [1.807, 2.05) is 6.07 Å². The summed E-state index contributed by atoms with van der Waals surface area (Å²) in [6, 6.07) is 8.50. The summed E-state index contributed by atoms with van der Waals surface area (Å²) in [5.74, 6) is 0.0517. The van der Waals surface area contributed by atoms with Gasteiger partial charge in [-0.1, -0.05) is 6.07 Å². The molecule has 2 aromatic rings. The maximum Gasteiger partial charge on any atom is 0.393 e. The lowest BCUT2D eigenvalue weighted by molar-refractivity contribution is -0.168. The number of nitrogens with zero attached hydrogens (tertiary/aromatic N) is 5. The molecule has 3 aliphatic rings.